The maximum atomic E-state index is 10.9. The molecule has 0 bridgehead atoms. The normalized spacial score (nSPS) is 10.5. The summed E-state index contributed by atoms with van der Waals surface area (Å²) in [6, 6.07) is 11.5. The fourth-order valence-corrected chi connectivity index (χ4v) is 2.11. The van der Waals surface area contributed by atoms with Crippen molar-refractivity contribution in [3.05, 3.63) is 42.5 Å². The predicted molar refractivity (Wildman–Crippen MR) is 67.2 cm³/mol. The van der Waals surface area contributed by atoms with Crippen molar-refractivity contribution in [1.82, 2.24) is 0 Å². The van der Waals surface area contributed by atoms with Crippen molar-refractivity contribution in [3.63, 3.8) is 0 Å². The van der Waals surface area contributed by atoms with Gasteiger partial charge in [0.2, 0.25) is 0 Å². The number of nitrogens with two attached hydrogens (primary N) is 3. The molecule has 0 aliphatic heterocycles. The molecule has 0 saturated carbocycles. The second-order valence-corrected chi connectivity index (χ2v) is 4.78. The van der Waals surface area contributed by atoms with Crippen LogP contribution in [0.5, 0.6) is 0 Å². The second-order valence-electron chi connectivity index (χ2n) is 3.43. The summed E-state index contributed by atoms with van der Waals surface area (Å²) in [6.45, 7) is 0. The van der Waals surface area contributed by atoms with Crippen molar-refractivity contribution in [3.8, 4) is 0 Å². The minimum Gasteiger partial charge on any atom is -0.744 e. The van der Waals surface area contributed by atoms with Gasteiger partial charge in [-0.2, -0.15) is 0 Å². The minimum absolute atomic E-state index is 0.0833. The lowest BCUT2D eigenvalue weighted by molar-refractivity contribution is -0.116. The maximum absolute atomic E-state index is 10.9. The molecule has 0 aliphatic carbocycles. The Bertz CT molecular complexity index is 659. The molecule has 0 amide bonds. The molecule has 2 rings (SSSR count). The van der Waals surface area contributed by atoms with Crippen LogP contribution in [0.3, 0.4) is 0 Å². The van der Waals surface area contributed by atoms with Crippen molar-refractivity contribution in [2.45, 2.75) is 4.90 Å². The largest absolute Gasteiger partial charge is 0.744 e. The topological polar surface area (TPSA) is 135 Å². The second kappa shape index (κ2) is 5.48. The SMILES string of the molecule is NC(N)=[NH2+].O=S(=O)([O-])c1cccc2ccccc12. The zero-order chi connectivity index (χ0) is 13.8. The van der Waals surface area contributed by atoms with Gasteiger partial charge in [-0.1, -0.05) is 36.4 Å². The van der Waals surface area contributed by atoms with Gasteiger partial charge in [-0.05, 0) is 16.8 Å². The lowest BCUT2D eigenvalue weighted by Crippen LogP contribution is -2.51. The average molecular weight is 267 g/mol. The standard InChI is InChI=1S/C10H8O3S.CH5N3/c11-14(12,13)10-7-3-5-8-4-1-2-6-9(8)10;2-1(3)4/h1-7H,(H,11,12,13);(H5,2,3,4). The number of fused-ring (bicyclic) bond motifs is 1. The molecule has 0 aromatic heterocycles. The molecule has 0 unspecified atom stereocenters. The van der Waals surface area contributed by atoms with Crippen LogP contribution in [0.4, 0.5) is 0 Å². The van der Waals surface area contributed by atoms with Crippen molar-refractivity contribution in [2.24, 2.45) is 11.5 Å². The van der Waals surface area contributed by atoms with E-state index in [-0.39, 0.29) is 10.9 Å². The predicted octanol–water partition coefficient (Wildman–Crippen LogP) is -1.24. The van der Waals surface area contributed by atoms with E-state index in [1.807, 2.05) is 0 Å². The Kier molecular flexibility index (Phi) is 4.24. The summed E-state index contributed by atoms with van der Waals surface area (Å²) in [5.74, 6) is -0.0833. The molecule has 0 atom stereocenters. The van der Waals surface area contributed by atoms with Gasteiger partial charge in [0.1, 0.15) is 10.1 Å². The summed E-state index contributed by atoms with van der Waals surface area (Å²) in [6.07, 6.45) is 0. The highest BCUT2D eigenvalue weighted by Gasteiger charge is 2.05. The average Bonchev–Trinajstić information content (AvgIpc) is 2.26. The van der Waals surface area contributed by atoms with Gasteiger partial charge in [-0.15, -0.1) is 0 Å². The minimum atomic E-state index is -4.38. The molecule has 6 N–H and O–H groups in total. The zero-order valence-corrected chi connectivity index (χ0v) is 10.2. The number of guanidine groups is 1. The highest BCUT2D eigenvalue weighted by atomic mass is 32.2. The third kappa shape index (κ3) is 3.72. The van der Waals surface area contributed by atoms with E-state index in [1.165, 1.54) is 6.07 Å². The van der Waals surface area contributed by atoms with E-state index in [4.69, 9.17) is 0 Å². The van der Waals surface area contributed by atoms with Crippen molar-refractivity contribution < 1.29 is 18.4 Å². The van der Waals surface area contributed by atoms with Crippen LogP contribution in [0.25, 0.3) is 10.8 Å². The Labute approximate surface area is 104 Å². The van der Waals surface area contributed by atoms with E-state index in [1.54, 1.807) is 36.4 Å². The number of hydrogen-bond acceptors (Lipinski definition) is 3. The first kappa shape index (κ1) is 13.9. The molecule has 0 heterocycles. The molecule has 7 heteroatoms. The summed E-state index contributed by atoms with van der Waals surface area (Å²) in [5.41, 5.74) is 9.17. The lowest BCUT2D eigenvalue weighted by atomic mass is 10.1. The van der Waals surface area contributed by atoms with Gasteiger partial charge < -0.3 is 4.55 Å². The van der Waals surface area contributed by atoms with E-state index < -0.39 is 10.1 Å². The van der Waals surface area contributed by atoms with Crippen LogP contribution in [0.15, 0.2) is 47.4 Å². The number of rotatable bonds is 1. The van der Waals surface area contributed by atoms with Crippen LogP contribution in [0.1, 0.15) is 0 Å². The quantitative estimate of drug-likeness (QED) is 0.337. The first-order valence-corrected chi connectivity index (χ1v) is 6.30. The smallest absolute Gasteiger partial charge is 0.336 e. The first-order valence-electron chi connectivity index (χ1n) is 4.89. The Morgan fingerprint density at radius 2 is 1.56 bits per heavy atom. The van der Waals surface area contributed by atoms with E-state index >= 15 is 0 Å². The molecule has 0 aliphatic rings. The Morgan fingerprint density at radius 1 is 1.06 bits per heavy atom. The third-order valence-electron chi connectivity index (χ3n) is 2.02. The van der Waals surface area contributed by atoms with Crippen LogP contribution in [0.2, 0.25) is 0 Å². The van der Waals surface area contributed by atoms with E-state index in [0.29, 0.717) is 5.39 Å². The van der Waals surface area contributed by atoms with Crippen LogP contribution in [-0.2, 0) is 10.1 Å². The van der Waals surface area contributed by atoms with E-state index in [2.05, 4.69) is 16.9 Å². The Balaban J connectivity index is 0.000000357. The number of hydrogen-bond donors (Lipinski definition) is 3. The summed E-state index contributed by atoms with van der Waals surface area (Å²) in [7, 11) is -4.38. The highest BCUT2D eigenvalue weighted by molar-refractivity contribution is 7.86. The molecule has 0 fully saturated rings. The van der Waals surface area contributed by atoms with Crippen LogP contribution < -0.4 is 16.9 Å². The molecule has 0 spiro atoms. The Morgan fingerprint density at radius 3 is 2.11 bits per heavy atom. The highest BCUT2D eigenvalue weighted by Crippen LogP contribution is 2.21. The molecular formula is C11H13N3O3S. The van der Waals surface area contributed by atoms with E-state index in [9.17, 15) is 13.0 Å². The fourth-order valence-electron chi connectivity index (χ4n) is 1.41. The summed E-state index contributed by atoms with van der Waals surface area (Å²) in [4.78, 5) is -0.157. The van der Waals surface area contributed by atoms with Gasteiger partial charge in [0.05, 0.1) is 4.90 Å². The van der Waals surface area contributed by atoms with E-state index in [0.717, 1.165) is 5.39 Å². The molecule has 96 valence electrons. The summed E-state index contributed by atoms with van der Waals surface area (Å²) >= 11 is 0. The first-order chi connectivity index (χ1) is 8.32. The van der Waals surface area contributed by atoms with Crippen molar-refractivity contribution in [1.29, 1.82) is 0 Å². The van der Waals surface area contributed by atoms with Crippen molar-refractivity contribution >= 4 is 26.9 Å². The third-order valence-corrected chi connectivity index (χ3v) is 2.91. The monoisotopic (exact) mass is 267 g/mol. The molecule has 6 nitrogen and oxygen atoms in total. The molecule has 0 radical (unpaired) electrons. The molecule has 2 aromatic carbocycles. The zero-order valence-electron chi connectivity index (χ0n) is 9.41. The van der Waals surface area contributed by atoms with Gasteiger partial charge in [0.25, 0.3) is 0 Å². The van der Waals surface area contributed by atoms with Crippen LogP contribution in [-0.4, -0.2) is 18.9 Å². The molecule has 0 saturated heterocycles. The lowest BCUT2D eigenvalue weighted by Gasteiger charge is -2.09. The fraction of sp³-hybridized carbons (Fsp3) is 0. The Hall–Kier alpha value is -2.12. The van der Waals surface area contributed by atoms with Crippen molar-refractivity contribution in [2.75, 3.05) is 0 Å². The molecule has 2 aromatic rings. The van der Waals surface area contributed by atoms with Gasteiger partial charge in [-0.25, -0.2) is 8.42 Å². The van der Waals surface area contributed by atoms with Crippen LogP contribution >= 0.6 is 0 Å². The van der Waals surface area contributed by atoms with Gasteiger partial charge in [-0.3, -0.25) is 16.9 Å². The van der Waals surface area contributed by atoms with Gasteiger partial charge in [0, 0.05) is 0 Å². The maximum Gasteiger partial charge on any atom is 0.336 e. The summed E-state index contributed by atoms with van der Waals surface area (Å²) in [5, 5.41) is 5.81. The molecule has 18 heavy (non-hydrogen) atoms. The molecular weight excluding hydrogens is 254 g/mol. The van der Waals surface area contributed by atoms with Crippen LogP contribution in [0, 0.1) is 0 Å². The summed E-state index contributed by atoms with van der Waals surface area (Å²) < 4.78 is 32.7. The van der Waals surface area contributed by atoms with Gasteiger partial charge >= 0.3 is 5.96 Å². The van der Waals surface area contributed by atoms with Gasteiger partial charge in [0.15, 0.2) is 0 Å². The number of benzene rings is 2.